The first-order valence-corrected chi connectivity index (χ1v) is 2.98. The molecule has 0 saturated heterocycles. The summed E-state index contributed by atoms with van der Waals surface area (Å²) >= 11 is 0. The molecule has 0 saturated carbocycles. The van der Waals surface area contributed by atoms with Crippen LogP contribution >= 0.6 is 0 Å². The molecule has 1 aromatic rings. The highest BCUT2D eigenvalue weighted by Gasteiger charge is 1.92. The average molecular weight is 154 g/mol. The Labute approximate surface area is 63.4 Å². The number of rotatable bonds is 1. The minimum Gasteiger partial charge on any atom is -0.264 e. The zero-order chi connectivity index (χ0) is 8.27. The summed E-state index contributed by atoms with van der Waals surface area (Å²) in [5, 5.41) is 0. The van der Waals surface area contributed by atoms with Gasteiger partial charge in [-0.05, 0) is 24.1 Å². The molecule has 0 amide bonds. The van der Waals surface area contributed by atoms with Crippen molar-refractivity contribution in [3.05, 3.63) is 42.6 Å². The number of aromatic nitrogens is 1. The van der Waals surface area contributed by atoms with E-state index in [0.717, 1.165) is 6.08 Å². The predicted molar refractivity (Wildman–Crippen MR) is 38.9 cm³/mol. The SMILES string of the molecule is [CH2]c1cncc(C=C(F)F)c1. The van der Waals surface area contributed by atoms with Crippen molar-refractivity contribution in [2.45, 2.75) is 0 Å². The monoisotopic (exact) mass is 154 g/mol. The summed E-state index contributed by atoms with van der Waals surface area (Å²) in [6, 6.07) is 1.53. The molecule has 0 N–H and O–H groups in total. The van der Waals surface area contributed by atoms with E-state index in [-0.39, 0.29) is 0 Å². The number of hydrogen-bond acceptors (Lipinski definition) is 1. The Bertz CT molecular complexity index is 277. The fourth-order valence-electron chi connectivity index (χ4n) is 0.713. The Morgan fingerprint density at radius 2 is 2.18 bits per heavy atom. The molecule has 0 unspecified atom stereocenters. The quantitative estimate of drug-likeness (QED) is 0.605. The highest BCUT2D eigenvalue weighted by Crippen LogP contribution is 2.08. The molecule has 0 aromatic carbocycles. The lowest BCUT2D eigenvalue weighted by molar-refractivity contribution is 0.429. The lowest BCUT2D eigenvalue weighted by atomic mass is 10.2. The van der Waals surface area contributed by atoms with Crippen molar-refractivity contribution in [2.24, 2.45) is 0 Å². The van der Waals surface area contributed by atoms with Gasteiger partial charge < -0.3 is 0 Å². The van der Waals surface area contributed by atoms with Gasteiger partial charge in [0.15, 0.2) is 0 Å². The second kappa shape index (κ2) is 3.23. The zero-order valence-corrected chi connectivity index (χ0v) is 5.72. The Kier molecular flexibility index (Phi) is 2.31. The third-order valence-corrected chi connectivity index (χ3v) is 1.09. The van der Waals surface area contributed by atoms with Crippen LogP contribution in [-0.2, 0) is 0 Å². The number of pyridine rings is 1. The van der Waals surface area contributed by atoms with Gasteiger partial charge in [-0.1, -0.05) is 0 Å². The molecule has 1 rings (SSSR count). The van der Waals surface area contributed by atoms with Crippen molar-refractivity contribution in [1.29, 1.82) is 0 Å². The lowest BCUT2D eigenvalue weighted by Gasteiger charge is -1.92. The number of halogens is 2. The van der Waals surface area contributed by atoms with E-state index in [2.05, 4.69) is 11.9 Å². The fraction of sp³-hybridized carbons (Fsp3) is 0. The maximum Gasteiger partial charge on any atom is 0.270 e. The zero-order valence-electron chi connectivity index (χ0n) is 5.72. The van der Waals surface area contributed by atoms with E-state index < -0.39 is 6.08 Å². The van der Waals surface area contributed by atoms with Crippen LogP contribution in [0.15, 0.2) is 24.5 Å². The van der Waals surface area contributed by atoms with Gasteiger partial charge in [-0.3, -0.25) is 4.98 Å². The molecule has 0 bridgehead atoms. The smallest absolute Gasteiger partial charge is 0.264 e. The van der Waals surface area contributed by atoms with Crippen LogP contribution < -0.4 is 0 Å². The molecular weight excluding hydrogens is 148 g/mol. The molecular formula is C8H6F2N. The van der Waals surface area contributed by atoms with Crippen molar-refractivity contribution >= 4 is 6.08 Å². The highest BCUT2D eigenvalue weighted by molar-refractivity contribution is 5.49. The molecule has 1 nitrogen and oxygen atoms in total. The predicted octanol–water partition coefficient (Wildman–Crippen LogP) is 2.50. The van der Waals surface area contributed by atoms with E-state index in [1.54, 1.807) is 0 Å². The first-order valence-electron chi connectivity index (χ1n) is 2.98. The second-order valence-electron chi connectivity index (χ2n) is 2.06. The van der Waals surface area contributed by atoms with Crippen LogP contribution in [0.2, 0.25) is 0 Å². The Morgan fingerprint density at radius 3 is 2.73 bits per heavy atom. The molecule has 0 fully saturated rings. The maximum absolute atomic E-state index is 11.7. The molecule has 1 radical (unpaired) electrons. The van der Waals surface area contributed by atoms with Gasteiger partial charge in [0.2, 0.25) is 0 Å². The van der Waals surface area contributed by atoms with Crippen LogP contribution in [0.5, 0.6) is 0 Å². The van der Waals surface area contributed by atoms with E-state index in [1.165, 1.54) is 18.5 Å². The summed E-state index contributed by atoms with van der Waals surface area (Å²) in [5.74, 6) is 0. The molecule has 11 heavy (non-hydrogen) atoms. The minimum absolute atomic E-state index is 0.373. The third-order valence-electron chi connectivity index (χ3n) is 1.09. The fourth-order valence-corrected chi connectivity index (χ4v) is 0.713. The second-order valence-corrected chi connectivity index (χ2v) is 2.06. The van der Waals surface area contributed by atoms with Gasteiger partial charge >= 0.3 is 0 Å². The topological polar surface area (TPSA) is 12.9 Å². The minimum atomic E-state index is -1.72. The molecule has 0 aliphatic heterocycles. The van der Waals surface area contributed by atoms with Crippen LogP contribution in [0.1, 0.15) is 11.1 Å². The molecule has 1 aromatic heterocycles. The van der Waals surface area contributed by atoms with Crippen LogP contribution in [0.3, 0.4) is 0 Å². The van der Waals surface area contributed by atoms with E-state index in [9.17, 15) is 8.78 Å². The van der Waals surface area contributed by atoms with Gasteiger partial charge in [-0.2, -0.15) is 8.78 Å². The number of hydrogen-bond donors (Lipinski definition) is 0. The maximum atomic E-state index is 11.7. The van der Waals surface area contributed by atoms with Crippen molar-refractivity contribution in [1.82, 2.24) is 4.98 Å². The van der Waals surface area contributed by atoms with Crippen molar-refractivity contribution in [2.75, 3.05) is 0 Å². The summed E-state index contributed by atoms with van der Waals surface area (Å²) in [6.07, 6.45) is 1.89. The standard InChI is InChI=1S/C8H6F2N/c1-6-2-7(3-8(9)10)5-11-4-6/h2-5H,1H2. The van der Waals surface area contributed by atoms with Crippen molar-refractivity contribution < 1.29 is 8.78 Å². The van der Waals surface area contributed by atoms with E-state index in [1.807, 2.05) is 0 Å². The summed E-state index contributed by atoms with van der Waals surface area (Å²) in [7, 11) is 0. The van der Waals surface area contributed by atoms with Gasteiger partial charge in [0.05, 0.1) is 0 Å². The van der Waals surface area contributed by atoms with Gasteiger partial charge in [-0.25, -0.2) is 0 Å². The van der Waals surface area contributed by atoms with Crippen molar-refractivity contribution in [3.63, 3.8) is 0 Å². The summed E-state index contributed by atoms with van der Waals surface area (Å²) in [4.78, 5) is 3.70. The lowest BCUT2D eigenvalue weighted by Crippen LogP contribution is -1.78. The van der Waals surface area contributed by atoms with E-state index in [4.69, 9.17) is 0 Å². The summed E-state index contributed by atoms with van der Waals surface area (Å²) in [5.41, 5.74) is 0.998. The molecule has 57 valence electrons. The van der Waals surface area contributed by atoms with Gasteiger partial charge in [0.25, 0.3) is 6.08 Å². The summed E-state index contributed by atoms with van der Waals surface area (Å²) in [6.45, 7) is 3.55. The summed E-state index contributed by atoms with van der Waals surface area (Å²) < 4.78 is 23.3. The Hall–Kier alpha value is -1.25. The number of nitrogens with zero attached hydrogens (tertiary/aromatic N) is 1. The first-order chi connectivity index (χ1) is 5.18. The molecule has 0 aliphatic rings. The highest BCUT2D eigenvalue weighted by atomic mass is 19.3. The van der Waals surface area contributed by atoms with Gasteiger partial charge in [0, 0.05) is 18.5 Å². The Balaban J connectivity index is 2.97. The van der Waals surface area contributed by atoms with Crippen LogP contribution in [0, 0.1) is 6.92 Å². The normalized spacial score (nSPS) is 9.36. The van der Waals surface area contributed by atoms with Crippen molar-refractivity contribution in [3.8, 4) is 0 Å². The van der Waals surface area contributed by atoms with Gasteiger partial charge in [-0.15, -0.1) is 0 Å². The molecule has 3 heteroatoms. The van der Waals surface area contributed by atoms with E-state index in [0.29, 0.717) is 11.1 Å². The van der Waals surface area contributed by atoms with Gasteiger partial charge in [0.1, 0.15) is 0 Å². The third kappa shape index (κ3) is 2.45. The largest absolute Gasteiger partial charge is 0.270 e. The first kappa shape index (κ1) is 7.85. The molecule has 0 atom stereocenters. The van der Waals surface area contributed by atoms with Crippen LogP contribution in [0.25, 0.3) is 6.08 Å². The Morgan fingerprint density at radius 1 is 1.45 bits per heavy atom. The molecule has 0 spiro atoms. The van der Waals surface area contributed by atoms with Crippen LogP contribution in [-0.4, -0.2) is 4.98 Å². The molecule has 1 heterocycles. The average Bonchev–Trinajstić information content (AvgIpc) is 1.85. The van der Waals surface area contributed by atoms with E-state index >= 15 is 0 Å². The molecule has 0 aliphatic carbocycles. The van der Waals surface area contributed by atoms with Crippen LogP contribution in [0.4, 0.5) is 8.78 Å².